The first kappa shape index (κ1) is 18.5. The Morgan fingerprint density at radius 2 is 1.86 bits per heavy atom. The van der Waals surface area contributed by atoms with E-state index in [1.54, 1.807) is 37.6 Å². The Kier molecular flexibility index (Phi) is 5.38. The Balaban J connectivity index is 1.65. The van der Waals surface area contributed by atoms with Crippen molar-refractivity contribution in [1.29, 1.82) is 0 Å². The summed E-state index contributed by atoms with van der Waals surface area (Å²) in [5.74, 6) is 1.20. The van der Waals surface area contributed by atoms with Gasteiger partial charge >= 0.3 is 0 Å². The van der Waals surface area contributed by atoms with Crippen molar-refractivity contribution >= 4 is 17.5 Å². The van der Waals surface area contributed by atoms with Gasteiger partial charge in [0.1, 0.15) is 23.6 Å². The van der Waals surface area contributed by atoms with Crippen molar-refractivity contribution in [1.82, 2.24) is 15.3 Å². The molecular weight excluding hydrogens is 366 g/mol. The molecule has 3 aromatic rings. The monoisotopic (exact) mass is 385 g/mol. The average Bonchev–Trinajstić information content (AvgIpc) is 3.23. The van der Waals surface area contributed by atoms with E-state index >= 15 is 0 Å². The molecule has 144 valence electrons. The molecule has 1 aliphatic heterocycles. The standard InChI is InChI=1S/C22H19N5O2/c1-29-18-10-6-5-9-16(18)20(28)19-22(24-13-15-7-3-2-4-8-15)27-21(26-19)17-11-12-23-14-25-17/h2-12,14,19H,13H2,1H3,(H,24,26,27). The Morgan fingerprint density at radius 3 is 2.62 bits per heavy atom. The summed E-state index contributed by atoms with van der Waals surface area (Å²) in [6, 6.07) is 17.9. The molecule has 0 aliphatic carbocycles. The van der Waals surface area contributed by atoms with E-state index in [1.807, 2.05) is 36.4 Å². The van der Waals surface area contributed by atoms with E-state index in [4.69, 9.17) is 4.74 Å². The van der Waals surface area contributed by atoms with Gasteiger partial charge in [-0.3, -0.25) is 4.79 Å². The number of methoxy groups -OCH3 is 1. The Morgan fingerprint density at radius 1 is 1.07 bits per heavy atom. The molecule has 2 heterocycles. The number of para-hydroxylation sites is 1. The van der Waals surface area contributed by atoms with Crippen LogP contribution in [-0.4, -0.2) is 40.6 Å². The molecule has 29 heavy (non-hydrogen) atoms. The number of amidine groups is 2. The van der Waals surface area contributed by atoms with Gasteiger partial charge in [0.05, 0.1) is 12.7 Å². The number of hydrogen-bond donors (Lipinski definition) is 1. The van der Waals surface area contributed by atoms with Gasteiger partial charge in [0.25, 0.3) is 0 Å². The number of carbonyl (C=O) groups excluding carboxylic acids is 1. The summed E-state index contributed by atoms with van der Waals surface area (Å²) in [5, 5.41) is 3.27. The molecule has 0 saturated carbocycles. The minimum Gasteiger partial charge on any atom is -0.496 e. The summed E-state index contributed by atoms with van der Waals surface area (Å²) in [6.07, 6.45) is 3.05. The van der Waals surface area contributed by atoms with Crippen molar-refractivity contribution < 1.29 is 9.53 Å². The minimum absolute atomic E-state index is 0.189. The molecule has 1 aromatic heterocycles. The maximum absolute atomic E-state index is 13.3. The number of rotatable bonds is 6. The fourth-order valence-corrected chi connectivity index (χ4v) is 3.04. The molecule has 7 nitrogen and oxygen atoms in total. The number of benzene rings is 2. The maximum Gasteiger partial charge on any atom is 0.198 e. The van der Waals surface area contributed by atoms with Gasteiger partial charge < -0.3 is 10.1 Å². The van der Waals surface area contributed by atoms with E-state index in [0.717, 1.165) is 5.56 Å². The first-order chi connectivity index (χ1) is 14.3. The molecule has 7 heteroatoms. The highest BCUT2D eigenvalue weighted by molar-refractivity contribution is 6.23. The van der Waals surface area contributed by atoms with E-state index in [-0.39, 0.29) is 5.78 Å². The van der Waals surface area contributed by atoms with Crippen LogP contribution in [0.25, 0.3) is 0 Å². The van der Waals surface area contributed by atoms with Crippen molar-refractivity contribution in [2.45, 2.75) is 12.6 Å². The number of nitrogens with one attached hydrogen (secondary N) is 1. The SMILES string of the molecule is COc1ccccc1C(=O)C1N=C(c2ccncn2)N=C1NCc1ccccc1. The third kappa shape index (κ3) is 4.03. The topological polar surface area (TPSA) is 88.8 Å². The number of aliphatic imine (C=N–C) groups is 2. The van der Waals surface area contributed by atoms with Crippen molar-refractivity contribution in [3.05, 3.63) is 90.0 Å². The average molecular weight is 385 g/mol. The Labute approximate surface area is 168 Å². The zero-order valence-electron chi connectivity index (χ0n) is 15.8. The second-order valence-electron chi connectivity index (χ2n) is 6.35. The number of carbonyl (C=O) groups is 1. The fraction of sp³-hybridized carbons (Fsp3) is 0.136. The van der Waals surface area contributed by atoms with Crippen LogP contribution >= 0.6 is 0 Å². The molecule has 1 aliphatic rings. The van der Waals surface area contributed by atoms with Crippen LogP contribution in [0.2, 0.25) is 0 Å². The van der Waals surface area contributed by atoms with Gasteiger partial charge in [0.15, 0.2) is 17.7 Å². The molecular formula is C22H19N5O2. The summed E-state index contributed by atoms with van der Waals surface area (Å²) in [6.45, 7) is 0.530. The predicted molar refractivity (Wildman–Crippen MR) is 110 cm³/mol. The van der Waals surface area contributed by atoms with Crippen LogP contribution < -0.4 is 10.1 Å². The van der Waals surface area contributed by atoms with E-state index in [1.165, 1.54) is 6.33 Å². The summed E-state index contributed by atoms with van der Waals surface area (Å²) in [7, 11) is 1.54. The van der Waals surface area contributed by atoms with Gasteiger partial charge in [-0.2, -0.15) is 0 Å². The lowest BCUT2D eigenvalue weighted by Gasteiger charge is -2.14. The Bertz CT molecular complexity index is 1060. The zero-order chi connectivity index (χ0) is 20.1. The second-order valence-corrected chi connectivity index (χ2v) is 6.35. The van der Waals surface area contributed by atoms with Crippen LogP contribution in [0, 0.1) is 0 Å². The first-order valence-electron chi connectivity index (χ1n) is 9.14. The molecule has 0 bridgehead atoms. The lowest BCUT2D eigenvalue weighted by atomic mass is 10.0. The third-order valence-electron chi connectivity index (χ3n) is 4.49. The largest absolute Gasteiger partial charge is 0.496 e. The van der Waals surface area contributed by atoms with Crippen LogP contribution in [0.1, 0.15) is 21.6 Å². The quantitative estimate of drug-likeness (QED) is 0.659. The lowest BCUT2D eigenvalue weighted by Crippen LogP contribution is -2.36. The predicted octanol–water partition coefficient (Wildman–Crippen LogP) is 2.69. The Hall–Kier alpha value is -3.87. The van der Waals surface area contributed by atoms with Crippen LogP contribution in [-0.2, 0) is 6.54 Å². The summed E-state index contributed by atoms with van der Waals surface area (Å²) in [5.41, 5.74) is 2.10. The number of nitrogens with zero attached hydrogens (tertiary/aromatic N) is 4. The normalized spacial score (nSPS) is 15.4. The zero-order valence-corrected chi connectivity index (χ0v) is 15.8. The lowest BCUT2D eigenvalue weighted by molar-refractivity contribution is 0.0982. The summed E-state index contributed by atoms with van der Waals surface area (Å²) >= 11 is 0. The highest BCUT2D eigenvalue weighted by Crippen LogP contribution is 2.22. The molecule has 1 N–H and O–H groups in total. The van der Waals surface area contributed by atoms with Crippen molar-refractivity contribution in [2.75, 3.05) is 7.11 Å². The van der Waals surface area contributed by atoms with Gasteiger partial charge in [-0.05, 0) is 23.8 Å². The number of Topliss-reactive ketones (excluding diaryl/α,β-unsaturated/α-hetero) is 1. The van der Waals surface area contributed by atoms with Gasteiger partial charge in [0, 0.05) is 12.7 Å². The van der Waals surface area contributed by atoms with E-state index < -0.39 is 6.04 Å². The number of ether oxygens (including phenoxy) is 1. The van der Waals surface area contributed by atoms with Crippen molar-refractivity contribution in [3.8, 4) is 5.75 Å². The maximum atomic E-state index is 13.3. The molecule has 0 fully saturated rings. The molecule has 0 radical (unpaired) electrons. The smallest absolute Gasteiger partial charge is 0.198 e. The van der Waals surface area contributed by atoms with E-state index in [0.29, 0.717) is 35.2 Å². The highest BCUT2D eigenvalue weighted by atomic mass is 16.5. The molecule has 4 rings (SSSR count). The fourth-order valence-electron chi connectivity index (χ4n) is 3.04. The second kappa shape index (κ2) is 8.43. The third-order valence-corrected chi connectivity index (χ3v) is 4.49. The number of aromatic nitrogens is 2. The first-order valence-corrected chi connectivity index (χ1v) is 9.14. The molecule has 0 saturated heterocycles. The van der Waals surface area contributed by atoms with Crippen LogP contribution in [0.4, 0.5) is 0 Å². The molecule has 1 unspecified atom stereocenters. The van der Waals surface area contributed by atoms with E-state index in [9.17, 15) is 4.79 Å². The van der Waals surface area contributed by atoms with Gasteiger partial charge in [-0.25, -0.2) is 20.0 Å². The van der Waals surface area contributed by atoms with Crippen molar-refractivity contribution in [3.63, 3.8) is 0 Å². The van der Waals surface area contributed by atoms with Crippen LogP contribution in [0.3, 0.4) is 0 Å². The van der Waals surface area contributed by atoms with Gasteiger partial charge in [-0.1, -0.05) is 42.5 Å². The number of ketones is 1. The van der Waals surface area contributed by atoms with Gasteiger partial charge in [0.2, 0.25) is 0 Å². The van der Waals surface area contributed by atoms with E-state index in [2.05, 4.69) is 25.3 Å². The number of hydrogen-bond acceptors (Lipinski definition) is 7. The molecule has 0 spiro atoms. The van der Waals surface area contributed by atoms with Crippen LogP contribution in [0.15, 0.2) is 83.2 Å². The van der Waals surface area contributed by atoms with Crippen molar-refractivity contribution in [2.24, 2.45) is 9.98 Å². The van der Waals surface area contributed by atoms with Gasteiger partial charge in [-0.15, -0.1) is 0 Å². The molecule has 0 amide bonds. The van der Waals surface area contributed by atoms with Crippen LogP contribution in [0.5, 0.6) is 5.75 Å². The molecule has 1 atom stereocenters. The summed E-state index contributed by atoms with van der Waals surface area (Å²) in [4.78, 5) is 30.5. The summed E-state index contributed by atoms with van der Waals surface area (Å²) < 4.78 is 5.35. The minimum atomic E-state index is -0.792. The molecule has 2 aromatic carbocycles. The highest BCUT2D eigenvalue weighted by Gasteiger charge is 2.32.